The Hall–Kier alpha value is -1.51. The summed E-state index contributed by atoms with van der Waals surface area (Å²) in [6.07, 6.45) is 12.5. The molecular formula is C26H35F3. The largest absolute Gasteiger partial charge is 0.206 e. The summed E-state index contributed by atoms with van der Waals surface area (Å²) in [5.41, 5.74) is 0.935. The summed E-state index contributed by atoms with van der Waals surface area (Å²) in [7, 11) is 0. The zero-order valence-corrected chi connectivity index (χ0v) is 18.0. The maximum Gasteiger partial charge on any atom is 0.169 e. The van der Waals surface area contributed by atoms with Crippen LogP contribution in [0, 0.1) is 23.4 Å². The number of unbranched alkanes of at least 4 members (excludes halogenated alkanes) is 4. The molecule has 0 atom stereocenters. The molecule has 2 aromatic rings. The lowest BCUT2D eigenvalue weighted by Gasteiger charge is -2.29. The highest BCUT2D eigenvalue weighted by atomic mass is 19.2. The molecule has 0 unspecified atom stereocenters. The minimum absolute atomic E-state index is 0.0450. The normalized spacial score (nSPS) is 19.8. The first-order valence-electron chi connectivity index (χ1n) is 11.7. The van der Waals surface area contributed by atoms with Crippen LogP contribution < -0.4 is 0 Å². The van der Waals surface area contributed by atoms with E-state index >= 15 is 0 Å². The quantitative estimate of drug-likeness (QED) is 0.366. The van der Waals surface area contributed by atoms with Crippen LogP contribution in [0.15, 0.2) is 18.2 Å². The van der Waals surface area contributed by atoms with Crippen LogP contribution in [0.3, 0.4) is 0 Å². The first-order valence-corrected chi connectivity index (χ1v) is 11.7. The predicted molar refractivity (Wildman–Crippen MR) is 116 cm³/mol. The van der Waals surface area contributed by atoms with Gasteiger partial charge in [0.15, 0.2) is 11.6 Å². The fraction of sp³-hybridized carbons (Fsp3) is 0.615. The van der Waals surface area contributed by atoms with Crippen molar-refractivity contribution >= 4 is 10.8 Å². The van der Waals surface area contributed by atoms with E-state index in [1.54, 1.807) is 18.2 Å². The first kappa shape index (κ1) is 22.2. The SMILES string of the molecule is CCCCCc1ccc2cc(C3CCC(CCCCC)CC3)c(F)c(F)c2c1F. The van der Waals surface area contributed by atoms with Crippen LogP contribution in [0.25, 0.3) is 10.8 Å². The molecule has 0 saturated heterocycles. The molecule has 3 rings (SSSR count). The molecular weight excluding hydrogens is 369 g/mol. The van der Waals surface area contributed by atoms with Crippen LogP contribution in [0.1, 0.15) is 102 Å². The van der Waals surface area contributed by atoms with Gasteiger partial charge in [0.05, 0.1) is 5.39 Å². The Morgan fingerprint density at radius 2 is 1.48 bits per heavy atom. The van der Waals surface area contributed by atoms with Crippen LogP contribution >= 0.6 is 0 Å². The second-order valence-corrected chi connectivity index (χ2v) is 8.90. The second kappa shape index (κ2) is 10.5. The van der Waals surface area contributed by atoms with Gasteiger partial charge >= 0.3 is 0 Å². The molecule has 0 radical (unpaired) electrons. The molecule has 29 heavy (non-hydrogen) atoms. The number of fused-ring (bicyclic) bond motifs is 1. The summed E-state index contributed by atoms with van der Waals surface area (Å²) in [5, 5.41) is 0.314. The molecule has 1 aliphatic rings. The lowest BCUT2D eigenvalue weighted by molar-refractivity contribution is 0.298. The van der Waals surface area contributed by atoms with Gasteiger partial charge in [-0.25, -0.2) is 13.2 Å². The Bertz CT molecular complexity index is 803. The number of hydrogen-bond donors (Lipinski definition) is 0. The fourth-order valence-corrected chi connectivity index (χ4v) is 4.95. The van der Waals surface area contributed by atoms with Gasteiger partial charge in [-0.05, 0) is 72.9 Å². The van der Waals surface area contributed by atoms with Gasteiger partial charge < -0.3 is 0 Å². The Morgan fingerprint density at radius 3 is 2.17 bits per heavy atom. The van der Waals surface area contributed by atoms with Gasteiger partial charge in [-0.15, -0.1) is 0 Å². The summed E-state index contributed by atoms with van der Waals surface area (Å²) in [4.78, 5) is 0. The van der Waals surface area contributed by atoms with Crippen molar-refractivity contribution in [1.29, 1.82) is 0 Å². The van der Waals surface area contributed by atoms with E-state index in [0.29, 0.717) is 28.9 Å². The van der Waals surface area contributed by atoms with Gasteiger partial charge in [0, 0.05) is 0 Å². The maximum absolute atomic E-state index is 14.9. The molecule has 0 bridgehead atoms. The van der Waals surface area contributed by atoms with Crippen LogP contribution in [0.4, 0.5) is 13.2 Å². The number of halogens is 3. The third-order valence-corrected chi connectivity index (χ3v) is 6.78. The van der Waals surface area contributed by atoms with Gasteiger partial charge in [-0.1, -0.05) is 64.5 Å². The third-order valence-electron chi connectivity index (χ3n) is 6.78. The fourth-order valence-electron chi connectivity index (χ4n) is 4.95. The third kappa shape index (κ3) is 5.16. The molecule has 3 heteroatoms. The van der Waals surface area contributed by atoms with Crippen molar-refractivity contribution in [3.05, 3.63) is 46.8 Å². The highest BCUT2D eigenvalue weighted by Gasteiger charge is 2.27. The van der Waals surface area contributed by atoms with E-state index < -0.39 is 17.5 Å². The standard InChI is InChI=1S/C26H35F3/c1-3-5-7-9-18-11-13-19(14-12-18)22-17-21-16-15-20(10-8-6-4-2)24(27)23(21)26(29)25(22)28/h15-19H,3-14H2,1-2H3. The topological polar surface area (TPSA) is 0 Å². The van der Waals surface area contributed by atoms with E-state index in [-0.39, 0.29) is 11.3 Å². The number of hydrogen-bond acceptors (Lipinski definition) is 0. The van der Waals surface area contributed by atoms with Crippen molar-refractivity contribution in [3.63, 3.8) is 0 Å². The van der Waals surface area contributed by atoms with Crippen LogP contribution in [-0.2, 0) is 6.42 Å². The molecule has 0 aliphatic heterocycles. The van der Waals surface area contributed by atoms with E-state index in [2.05, 4.69) is 13.8 Å². The van der Waals surface area contributed by atoms with Gasteiger partial charge in [-0.2, -0.15) is 0 Å². The zero-order valence-electron chi connectivity index (χ0n) is 18.0. The lowest BCUT2D eigenvalue weighted by atomic mass is 9.76. The van der Waals surface area contributed by atoms with E-state index in [0.717, 1.165) is 44.9 Å². The molecule has 0 spiro atoms. The Balaban J connectivity index is 1.78. The van der Waals surface area contributed by atoms with Crippen molar-refractivity contribution in [2.75, 3.05) is 0 Å². The summed E-state index contributed by atoms with van der Waals surface area (Å²) < 4.78 is 44.8. The average Bonchev–Trinajstić information content (AvgIpc) is 2.73. The number of benzene rings is 2. The molecule has 0 heterocycles. The smallest absolute Gasteiger partial charge is 0.169 e. The molecule has 0 aromatic heterocycles. The highest BCUT2D eigenvalue weighted by molar-refractivity contribution is 5.85. The van der Waals surface area contributed by atoms with Crippen molar-refractivity contribution in [1.82, 2.24) is 0 Å². The maximum atomic E-state index is 14.9. The molecule has 1 fully saturated rings. The van der Waals surface area contributed by atoms with E-state index in [1.165, 1.54) is 25.7 Å². The van der Waals surface area contributed by atoms with Crippen molar-refractivity contribution in [2.24, 2.45) is 5.92 Å². The summed E-state index contributed by atoms with van der Waals surface area (Å²) in [5.74, 6) is -1.66. The Morgan fingerprint density at radius 1 is 0.793 bits per heavy atom. The minimum Gasteiger partial charge on any atom is -0.206 e. The monoisotopic (exact) mass is 404 g/mol. The van der Waals surface area contributed by atoms with Crippen molar-refractivity contribution in [3.8, 4) is 0 Å². The Labute approximate surface area is 173 Å². The molecule has 1 saturated carbocycles. The highest BCUT2D eigenvalue weighted by Crippen LogP contribution is 2.41. The molecule has 2 aromatic carbocycles. The van der Waals surface area contributed by atoms with Crippen molar-refractivity contribution in [2.45, 2.75) is 96.8 Å². The van der Waals surface area contributed by atoms with Gasteiger partial charge in [0.1, 0.15) is 5.82 Å². The second-order valence-electron chi connectivity index (χ2n) is 8.90. The number of rotatable bonds is 9. The molecule has 1 aliphatic carbocycles. The van der Waals surface area contributed by atoms with Gasteiger partial charge in [0.2, 0.25) is 0 Å². The molecule has 0 amide bonds. The molecule has 160 valence electrons. The van der Waals surface area contributed by atoms with Gasteiger partial charge in [-0.3, -0.25) is 0 Å². The summed E-state index contributed by atoms with van der Waals surface area (Å²) in [6, 6.07) is 5.22. The van der Waals surface area contributed by atoms with Gasteiger partial charge in [0.25, 0.3) is 0 Å². The summed E-state index contributed by atoms with van der Waals surface area (Å²) >= 11 is 0. The zero-order chi connectivity index (χ0) is 20.8. The lowest BCUT2D eigenvalue weighted by Crippen LogP contribution is -2.15. The van der Waals surface area contributed by atoms with E-state index in [4.69, 9.17) is 0 Å². The van der Waals surface area contributed by atoms with Crippen molar-refractivity contribution < 1.29 is 13.2 Å². The first-order chi connectivity index (χ1) is 14.1. The van der Waals surface area contributed by atoms with E-state index in [1.807, 2.05) is 0 Å². The van der Waals surface area contributed by atoms with E-state index in [9.17, 15) is 13.2 Å². The van der Waals surface area contributed by atoms with Crippen LogP contribution in [0.2, 0.25) is 0 Å². The predicted octanol–water partition coefficient (Wildman–Crippen LogP) is 8.84. The minimum atomic E-state index is -1.00. The summed E-state index contributed by atoms with van der Waals surface area (Å²) in [6.45, 7) is 4.30. The molecule has 0 nitrogen and oxygen atoms in total. The average molecular weight is 405 g/mol. The van der Waals surface area contributed by atoms with Crippen LogP contribution in [0.5, 0.6) is 0 Å². The Kier molecular flexibility index (Phi) is 8.03. The van der Waals surface area contributed by atoms with Crippen LogP contribution in [-0.4, -0.2) is 0 Å². The molecule has 0 N–H and O–H groups in total. The number of aryl methyl sites for hydroxylation is 1.